The molecule has 80 valence electrons. The van der Waals surface area contributed by atoms with Gasteiger partial charge in [0.15, 0.2) is 0 Å². The summed E-state index contributed by atoms with van der Waals surface area (Å²) in [5.74, 6) is 0. The summed E-state index contributed by atoms with van der Waals surface area (Å²) in [4.78, 5) is 0. The van der Waals surface area contributed by atoms with E-state index in [4.69, 9.17) is 0 Å². The molecule has 15 heavy (non-hydrogen) atoms. The minimum Gasteiger partial charge on any atom is -0.316 e. The number of fused-ring (bicyclic) bond motifs is 2. The Morgan fingerprint density at radius 1 is 1.27 bits per heavy atom. The molecule has 1 saturated heterocycles. The fourth-order valence-corrected chi connectivity index (χ4v) is 3.56. The number of hydrogen-bond donors (Lipinski definition) is 1. The van der Waals surface area contributed by atoms with Gasteiger partial charge in [-0.25, -0.2) is 0 Å². The summed E-state index contributed by atoms with van der Waals surface area (Å²) in [5, 5.41) is 3.53. The van der Waals surface area contributed by atoms with E-state index in [0.717, 1.165) is 0 Å². The van der Waals surface area contributed by atoms with Gasteiger partial charge in [-0.15, -0.1) is 0 Å². The number of benzene rings is 1. The largest absolute Gasteiger partial charge is 0.316 e. The molecule has 2 aliphatic rings. The maximum atomic E-state index is 3.60. The monoisotopic (exact) mass is 265 g/mol. The van der Waals surface area contributed by atoms with Crippen LogP contribution in [0.2, 0.25) is 0 Å². The minimum absolute atomic E-state index is 0.456. The van der Waals surface area contributed by atoms with Crippen LogP contribution < -0.4 is 5.32 Å². The molecule has 1 heterocycles. The maximum Gasteiger partial charge on any atom is 0.0178 e. The molecule has 0 aromatic heterocycles. The van der Waals surface area contributed by atoms with Gasteiger partial charge in [-0.2, -0.15) is 0 Å². The van der Waals surface area contributed by atoms with Gasteiger partial charge < -0.3 is 5.32 Å². The van der Waals surface area contributed by atoms with Crippen LogP contribution in [0.25, 0.3) is 0 Å². The third-order valence-corrected chi connectivity index (χ3v) is 4.48. The maximum absolute atomic E-state index is 3.60. The summed E-state index contributed by atoms with van der Waals surface area (Å²) in [7, 11) is 0. The fourth-order valence-electron chi connectivity index (χ4n) is 3.20. The van der Waals surface area contributed by atoms with Crippen molar-refractivity contribution in [2.24, 2.45) is 0 Å². The lowest BCUT2D eigenvalue weighted by Gasteiger charge is -2.35. The van der Waals surface area contributed by atoms with Crippen molar-refractivity contribution in [3.05, 3.63) is 33.8 Å². The van der Waals surface area contributed by atoms with Crippen LogP contribution in [0.3, 0.4) is 0 Å². The van der Waals surface area contributed by atoms with Gasteiger partial charge in [0, 0.05) is 16.4 Å². The molecule has 1 spiro atoms. The summed E-state index contributed by atoms with van der Waals surface area (Å²) in [6.07, 6.45) is 5.31. The van der Waals surface area contributed by atoms with E-state index in [0.29, 0.717) is 5.41 Å². The highest BCUT2D eigenvalue weighted by atomic mass is 79.9. The molecule has 1 fully saturated rings. The van der Waals surface area contributed by atoms with Gasteiger partial charge in [-0.1, -0.05) is 22.0 Å². The summed E-state index contributed by atoms with van der Waals surface area (Å²) in [5.41, 5.74) is 3.64. The van der Waals surface area contributed by atoms with E-state index in [2.05, 4.69) is 39.4 Å². The first-order chi connectivity index (χ1) is 7.30. The van der Waals surface area contributed by atoms with Crippen LogP contribution >= 0.6 is 15.9 Å². The van der Waals surface area contributed by atoms with Crippen LogP contribution in [0.1, 0.15) is 30.4 Å². The van der Waals surface area contributed by atoms with E-state index in [-0.39, 0.29) is 0 Å². The molecular weight excluding hydrogens is 250 g/mol. The number of hydrogen-bond acceptors (Lipinski definition) is 1. The van der Waals surface area contributed by atoms with Crippen LogP contribution in [0.15, 0.2) is 22.7 Å². The molecule has 0 radical (unpaired) electrons. The fraction of sp³-hybridized carbons (Fsp3) is 0.538. The first kappa shape index (κ1) is 9.86. The first-order valence-electron chi connectivity index (χ1n) is 5.80. The van der Waals surface area contributed by atoms with Gasteiger partial charge in [0.2, 0.25) is 0 Å². The predicted octanol–water partition coefficient (Wildman–Crippen LogP) is 3.02. The molecule has 0 bridgehead atoms. The average Bonchev–Trinajstić information content (AvgIpc) is 2.69. The molecule has 1 aliphatic heterocycles. The molecule has 1 aliphatic carbocycles. The normalized spacial score (nSPS) is 29.4. The van der Waals surface area contributed by atoms with Crippen LogP contribution in [0.5, 0.6) is 0 Å². The quantitative estimate of drug-likeness (QED) is 0.761. The summed E-state index contributed by atoms with van der Waals surface area (Å²) >= 11 is 3.60. The third kappa shape index (κ3) is 1.55. The van der Waals surface area contributed by atoms with Crippen molar-refractivity contribution in [1.29, 1.82) is 0 Å². The lowest BCUT2D eigenvalue weighted by molar-refractivity contribution is 0.393. The van der Waals surface area contributed by atoms with Crippen LogP contribution in [-0.2, 0) is 11.8 Å². The molecule has 1 nitrogen and oxygen atoms in total. The number of rotatable bonds is 0. The summed E-state index contributed by atoms with van der Waals surface area (Å²) < 4.78 is 1.23. The molecule has 1 N–H and O–H groups in total. The molecule has 3 rings (SSSR count). The van der Waals surface area contributed by atoms with E-state index in [1.807, 2.05) is 0 Å². The van der Waals surface area contributed by atoms with Crippen molar-refractivity contribution < 1.29 is 0 Å². The van der Waals surface area contributed by atoms with Gasteiger partial charge in [0.05, 0.1) is 0 Å². The Morgan fingerprint density at radius 3 is 3.00 bits per heavy atom. The van der Waals surface area contributed by atoms with Crippen molar-refractivity contribution in [1.82, 2.24) is 5.32 Å². The molecule has 1 aromatic carbocycles. The van der Waals surface area contributed by atoms with Crippen molar-refractivity contribution in [3.63, 3.8) is 0 Å². The average molecular weight is 266 g/mol. The summed E-state index contributed by atoms with van der Waals surface area (Å²) in [6.45, 7) is 2.36. The van der Waals surface area contributed by atoms with Crippen molar-refractivity contribution in [2.45, 2.75) is 31.1 Å². The molecule has 1 aromatic rings. The Labute approximate surface area is 99.4 Å². The van der Waals surface area contributed by atoms with Crippen LogP contribution in [0, 0.1) is 0 Å². The molecular formula is C13H16BrN. The van der Waals surface area contributed by atoms with Gasteiger partial charge in [-0.05, 0) is 55.5 Å². The highest BCUT2D eigenvalue weighted by molar-refractivity contribution is 9.10. The highest BCUT2D eigenvalue weighted by Crippen LogP contribution is 2.42. The SMILES string of the molecule is Brc1ccc2c(c1)C1(CCC2)CCNC1. The van der Waals surface area contributed by atoms with Crippen LogP contribution in [0.4, 0.5) is 0 Å². The Kier molecular flexibility index (Phi) is 2.37. The highest BCUT2D eigenvalue weighted by Gasteiger charge is 2.38. The lowest BCUT2D eigenvalue weighted by Crippen LogP contribution is -2.33. The first-order valence-corrected chi connectivity index (χ1v) is 6.59. The second-order valence-corrected chi connectivity index (χ2v) is 5.78. The predicted molar refractivity (Wildman–Crippen MR) is 66.2 cm³/mol. The zero-order valence-corrected chi connectivity index (χ0v) is 10.4. The molecule has 1 atom stereocenters. The topological polar surface area (TPSA) is 12.0 Å². The summed E-state index contributed by atoms with van der Waals surface area (Å²) in [6, 6.07) is 6.83. The zero-order valence-electron chi connectivity index (χ0n) is 8.85. The van der Waals surface area contributed by atoms with Gasteiger partial charge in [0.25, 0.3) is 0 Å². The van der Waals surface area contributed by atoms with Crippen molar-refractivity contribution in [3.8, 4) is 0 Å². The van der Waals surface area contributed by atoms with E-state index in [9.17, 15) is 0 Å². The van der Waals surface area contributed by atoms with Gasteiger partial charge >= 0.3 is 0 Å². The number of nitrogens with one attached hydrogen (secondary N) is 1. The third-order valence-electron chi connectivity index (χ3n) is 3.99. The van der Waals surface area contributed by atoms with Gasteiger partial charge in [-0.3, -0.25) is 0 Å². The van der Waals surface area contributed by atoms with Crippen molar-refractivity contribution in [2.75, 3.05) is 13.1 Å². The number of aryl methyl sites for hydroxylation is 1. The molecule has 2 heteroatoms. The van der Waals surface area contributed by atoms with E-state index in [1.54, 1.807) is 11.1 Å². The van der Waals surface area contributed by atoms with Crippen LogP contribution in [-0.4, -0.2) is 13.1 Å². The Bertz CT molecular complexity index is 380. The lowest BCUT2D eigenvalue weighted by atomic mass is 9.69. The van der Waals surface area contributed by atoms with E-state index >= 15 is 0 Å². The number of halogens is 1. The minimum atomic E-state index is 0.456. The van der Waals surface area contributed by atoms with Crippen molar-refractivity contribution >= 4 is 15.9 Å². The van der Waals surface area contributed by atoms with Gasteiger partial charge in [0.1, 0.15) is 0 Å². The Hall–Kier alpha value is -0.340. The smallest absolute Gasteiger partial charge is 0.0178 e. The van der Waals surface area contributed by atoms with E-state index < -0.39 is 0 Å². The zero-order chi connectivity index (χ0) is 10.3. The Balaban J connectivity index is 2.12. The molecule has 0 amide bonds. The Morgan fingerprint density at radius 2 is 2.20 bits per heavy atom. The molecule has 0 saturated carbocycles. The van der Waals surface area contributed by atoms with E-state index in [1.165, 1.54) is 43.2 Å². The second kappa shape index (κ2) is 3.60. The second-order valence-electron chi connectivity index (χ2n) is 4.86. The molecule has 1 unspecified atom stereocenters. The standard InChI is InChI=1S/C13H16BrN/c14-11-4-3-10-2-1-5-13(12(10)8-11)6-7-15-9-13/h3-4,8,15H,1-2,5-7,9H2.